The van der Waals surface area contributed by atoms with E-state index in [2.05, 4.69) is 14.9 Å². The predicted molar refractivity (Wildman–Crippen MR) is 77.4 cm³/mol. The van der Waals surface area contributed by atoms with Gasteiger partial charge in [0.05, 0.1) is 0 Å². The highest BCUT2D eigenvalue weighted by Crippen LogP contribution is 2.33. The van der Waals surface area contributed by atoms with Crippen LogP contribution in [0.3, 0.4) is 0 Å². The first-order valence-electron chi connectivity index (χ1n) is 8.33. The molecule has 1 aromatic rings. The Morgan fingerprint density at radius 1 is 1.20 bits per heavy atom. The Hall–Kier alpha value is -1.68. The van der Waals surface area contributed by atoms with Crippen LogP contribution in [0.4, 0.5) is 13.2 Å². The monoisotopic (exact) mass is 363 g/mol. The largest absolute Gasteiger partial charge is 0.420 e. The lowest BCUT2D eigenvalue weighted by Crippen LogP contribution is -2.41. The third kappa shape index (κ3) is 4.69. The fraction of sp³-hybridized carbons (Fsp3) is 0.800. The lowest BCUT2D eigenvalue weighted by molar-refractivity contribution is -0.178. The third-order valence-electron chi connectivity index (χ3n) is 4.26. The van der Waals surface area contributed by atoms with Crippen molar-refractivity contribution in [3.05, 3.63) is 11.8 Å². The normalized spacial score (nSPS) is 24.7. The molecule has 0 radical (unpaired) electrons. The summed E-state index contributed by atoms with van der Waals surface area (Å²) >= 11 is 0. The number of rotatable bonds is 5. The van der Waals surface area contributed by atoms with E-state index in [1.165, 1.54) is 4.90 Å². The molecule has 3 rings (SSSR count). The zero-order chi connectivity index (χ0) is 17.9. The second-order valence-corrected chi connectivity index (χ2v) is 6.19. The fourth-order valence-electron chi connectivity index (χ4n) is 3.11. The van der Waals surface area contributed by atoms with Crippen LogP contribution in [0.15, 0.2) is 4.42 Å². The molecule has 2 atom stereocenters. The molecule has 2 saturated heterocycles. The summed E-state index contributed by atoms with van der Waals surface area (Å²) in [5.74, 6) is 0.180. The molecular formula is C15H20F3N3O4. The van der Waals surface area contributed by atoms with Gasteiger partial charge in [-0.05, 0) is 32.1 Å². The first kappa shape index (κ1) is 18.1. The number of halogens is 3. The molecule has 2 fully saturated rings. The van der Waals surface area contributed by atoms with E-state index in [9.17, 15) is 18.0 Å². The third-order valence-corrected chi connectivity index (χ3v) is 4.26. The van der Waals surface area contributed by atoms with Gasteiger partial charge in [0.1, 0.15) is 25.4 Å². The molecule has 0 N–H and O–H groups in total. The average molecular weight is 363 g/mol. The van der Waals surface area contributed by atoms with Crippen molar-refractivity contribution in [1.29, 1.82) is 0 Å². The van der Waals surface area contributed by atoms with Crippen LogP contribution in [-0.2, 0) is 14.3 Å². The minimum Gasteiger partial charge on any atom is -0.420 e. The summed E-state index contributed by atoms with van der Waals surface area (Å²) in [4.78, 5) is 13.7. The van der Waals surface area contributed by atoms with E-state index in [-0.39, 0.29) is 6.10 Å². The Morgan fingerprint density at radius 3 is 2.72 bits per heavy atom. The van der Waals surface area contributed by atoms with Crippen molar-refractivity contribution in [3.63, 3.8) is 0 Å². The summed E-state index contributed by atoms with van der Waals surface area (Å²) in [6.45, 7) is -0.993. The Morgan fingerprint density at radius 2 is 2.00 bits per heavy atom. The molecule has 0 aliphatic carbocycles. The molecule has 1 amide bonds. The summed E-state index contributed by atoms with van der Waals surface area (Å²) in [5, 5.41) is 8.03. The van der Waals surface area contributed by atoms with Gasteiger partial charge in [0.25, 0.3) is 0 Å². The summed E-state index contributed by atoms with van der Waals surface area (Å²) < 4.78 is 52.1. The minimum atomic E-state index is -4.45. The van der Waals surface area contributed by atoms with Crippen molar-refractivity contribution < 1.29 is 31.9 Å². The van der Waals surface area contributed by atoms with Gasteiger partial charge in [-0.25, -0.2) is 0 Å². The highest BCUT2D eigenvalue weighted by atomic mass is 19.4. The zero-order valence-electron chi connectivity index (χ0n) is 13.6. The SMILES string of the molecule is O=C(COCC(F)(F)F)N1CCCCC1c1nnc([C@H]2CCCO2)o1. The molecule has 0 saturated carbocycles. The molecule has 0 spiro atoms. The Labute approximate surface area is 142 Å². The number of likely N-dealkylation sites (tertiary alicyclic amines) is 1. The predicted octanol–water partition coefficient (Wildman–Crippen LogP) is 2.55. The van der Waals surface area contributed by atoms with Crippen LogP contribution in [-0.4, -0.2) is 53.5 Å². The smallest absolute Gasteiger partial charge is 0.411 e. The van der Waals surface area contributed by atoms with E-state index in [4.69, 9.17) is 9.15 Å². The summed E-state index contributed by atoms with van der Waals surface area (Å²) in [5.41, 5.74) is 0. The summed E-state index contributed by atoms with van der Waals surface area (Å²) in [6, 6.07) is -0.432. The maximum absolute atomic E-state index is 12.2. The number of aromatic nitrogens is 2. The van der Waals surface area contributed by atoms with E-state index in [0.717, 1.165) is 25.7 Å². The van der Waals surface area contributed by atoms with Crippen LogP contribution in [0.2, 0.25) is 0 Å². The first-order valence-corrected chi connectivity index (χ1v) is 8.33. The maximum Gasteiger partial charge on any atom is 0.411 e. The zero-order valence-corrected chi connectivity index (χ0v) is 13.6. The van der Waals surface area contributed by atoms with Crippen molar-refractivity contribution in [3.8, 4) is 0 Å². The molecule has 2 aliphatic heterocycles. The molecule has 140 valence electrons. The number of nitrogens with zero attached hydrogens (tertiary/aromatic N) is 3. The van der Waals surface area contributed by atoms with Gasteiger partial charge < -0.3 is 18.8 Å². The van der Waals surface area contributed by atoms with Crippen LogP contribution in [0.25, 0.3) is 0 Å². The molecule has 1 aromatic heterocycles. The molecule has 2 aliphatic rings. The number of hydrogen-bond acceptors (Lipinski definition) is 6. The van der Waals surface area contributed by atoms with Gasteiger partial charge in [0.2, 0.25) is 17.7 Å². The average Bonchev–Trinajstić information content (AvgIpc) is 3.25. The number of alkyl halides is 3. The highest BCUT2D eigenvalue weighted by molar-refractivity contribution is 5.78. The number of carbonyl (C=O) groups is 1. The lowest BCUT2D eigenvalue weighted by Gasteiger charge is -2.33. The van der Waals surface area contributed by atoms with Crippen LogP contribution in [0.5, 0.6) is 0 Å². The first-order chi connectivity index (χ1) is 11.9. The quantitative estimate of drug-likeness (QED) is 0.800. The van der Waals surface area contributed by atoms with E-state index < -0.39 is 31.3 Å². The van der Waals surface area contributed by atoms with Crippen LogP contribution in [0.1, 0.15) is 56.0 Å². The van der Waals surface area contributed by atoms with Crippen LogP contribution < -0.4 is 0 Å². The van der Waals surface area contributed by atoms with Gasteiger partial charge in [-0.2, -0.15) is 13.2 Å². The van der Waals surface area contributed by atoms with Crippen LogP contribution in [0, 0.1) is 0 Å². The molecule has 1 unspecified atom stereocenters. The van der Waals surface area contributed by atoms with Gasteiger partial charge in [0.15, 0.2) is 0 Å². The van der Waals surface area contributed by atoms with Gasteiger partial charge in [-0.3, -0.25) is 4.79 Å². The van der Waals surface area contributed by atoms with E-state index in [0.29, 0.717) is 31.4 Å². The number of ether oxygens (including phenoxy) is 2. The maximum atomic E-state index is 12.2. The molecule has 25 heavy (non-hydrogen) atoms. The van der Waals surface area contributed by atoms with Crippen LogP contribution >= 0.6 is 0 Å². The number of piperidine rings is 1. The van der Waals surface area contributed by atoms with Crippen molar-refractivity contribution in [2.45, 2.75) is 50.4 Å². The summed E-state index contributed by atoms with van der Waals surface area (Å²) in [6.07, 6.45) is -0.677. The number of hydrogen-bond donors (Lipinski definition) is 0. The molecular weight excluding hydrogens is 343 g/mol. The Kier molecular flexibility index (Phi) is 5.57. The Balaban J connectivity index is 1.63. The van der Waals surface area contributed by atoms with E-state index in [1.54, 1.807) is 0 Å². The second kappa shape index (κ2) is 7.69. The van der Waals surface area contributed by atoms with Gasteiger partial charge >= 0.3 is 6.18 Å². The van der Waals surface area contributed by atoms with Gasteiger partial charge in [0, 0.05) is 13.2 Å². The number of carbonyl (C=O) groups excluding carboxylic acids is 1. The molecule has 7 nitrogen and oxygen atoms in total. The Bertz CT molecular complexity index is 587. The van der Waals surface area contributed by atoms with Crippen molar-refractivity contribution >= 4 is 5.91 Å². The molecule has 10 heteroatoms. The van der Waals surface area contributed by atoms with Gasteiger partial charge in [-0.1, -0.05) is 0 Å². The fourth-order valence-corrected chi connectivity index (χ4v) is 3.11. The molecule has 3 heterocycles. The second-order valence-electron chi connectivity index (χ2n) is 6.19. The topological polar surface area (TPSA) is 77.7 Å². The van der Waals surface area contributed by atoms with E-state index in [1.807, 2.05) is 0 Å². The molecule has 0 bridgehead atoms. The van der Waals surface area contributed by atoms with Crippen molar-refractivity contribution in [1.82, 2.24) is 15.1 Å². The molecule has 0 aromatic carbocycles. The summed E-state index contributed by atoms with van der Waals surface area (Å²) in [7, 11) is 0. The van der Waals surface area contributed by atoms with Crippen molar-refractivity contribution in [2.24, 2.45) is 0 Å². The van der Waals surface area contributed by atoms with Gasteiger partial charge in [-0.15, -0.1) is 10.2 Å². The minimum absolute atomic E-state index is 0.218. The highest BCUT2D eigenvalue weighted by Gasteiger charge is 2.34. The van der Waals surface area contributed by atoms with E-state index >= 15 is 0 Å². The number of amides is 1. The lowest BCUT2D eigenvalue weighted by atomic mass is 10.0. The van der Waals surface area contributed by atoms with Crippen molar-refractivity contribution in [2.75, 3.05) is 26.4 Å². The standard InChI is InChI=1S/C15H20F3N3O4/c16-15(17,18)9-23-8-12(22)21-6-2-1-4-10(21)13-19-20-14(25-13)11-5-3-7-24-11/h10-11H,1-9H2/t10?,11-/m1/s1.